The zero-order valence-electron chi connectivity index (χ0n) is 10.3. The number of thiazole rings is 1. The van der Waals surface area contributed by atoms with Gasteiger partial charge >= 0.3 is 0 Å². The number of benzene rings is 2. The molecule has 0 unspecified atom stereocenters. The lowest BCUT2D eigenvalue weighted by Gasteiger charge is -2.04. The van der Waals surface area contributed by atoms with Crippen molar-refractivity contribution < 1.29 is 4.74 Å². The molecule has 3 heteroatoms. The van der Waals surface area contributed by atoms with Gasteiger partial charge in [0, 0.05) is 0 Å². The molecule has 1 heterocycles. The van der Waals surface area contributed by atoms with Crippen molar-refractivity contribution in [2.45, 2.75) is 6.92 Å². The summed E-state index contributed by atoms with van der Waals surface area (Å²) in [6, 6.07) is 14.5. The highest BCUT2D eigenvalue weighted by Crippen LogP contribution is 2.29. The van der Waals surface area contributed by atoms with Crippen LogP contribution in [0.25, 0.3) is 21.3 Å². The van der Waals surface area contributed by atoms with Crippen LogP contribution in [-0.4, -0.2) is 12.1 Å². The predicted octanol–water partition coefficient (Wildman–Crippen LogP) is 4.28. The Balaban J connectivity index is 2.12. The van der Waals surface area contributed by atoms with Crippen LogP contribution in [0.4, 0.5) is 0 Å². The van der Waals surface area contributed by atoms with Gasteiger partial charge in [-0.3, -0.25) is 0 Å². The first-order chi connectivity index (χ1) is 8.76. The zero-order valence-corrected chi connectivity index (χ0v) is 11.1. The van der Waals surface area contributed by atoms with Crippen molar-refractivity contribution in [2.24, 2.45) is 0 Å². The third kappa shape index (κ3) is 1.97. The van der Waals surface area contributed by atoms with E-state index >= 15 is 0 Å². The third-order valence-electron chi connectivity index (χ3n) is 2.90. The molecule has 2 aromatic carbocycles. The zero-order chi connectivity index (χ0) is 12.5. The molecule has 18 heavy (non-hydrogen) atoms. The van der Waals surface area contributed by atoms with Gasteiger partial charge in [-0.05, 0) is 42.3 Å². The van der Waals surface area contributed by atoms with Gasteiger partial charge in [0.2, 0.25) is 0 Å². The molecule has 0 aliphatic heterocycles. The second-order valence-corrected chi connectivity index (χ2v) is 5.38. The summed E-state index contributed by atoms with van der Waals surface area (Å²) in [6.45, 7) is 2.04. The fraction of sp³-hybridized carbons (Fsp3) is 0.133. The number of aromatic nitrogens is 1. The van der Waals surface area contributed by atoms with Gasteiger partial charge in [0.15, 0.2) is 0 Å². The normalized spacial score (nSPS) is 10.8. The minimum atomic E-state index is 0.877. The van der Waals surface area contributed by atoms with E-state index in [0.29, 0.717) is 0 Å². The van der Waals surface area contributed by atoms with Gasteiger partial charge in [-0.1, -0.05) is 18.2 Å². The molecule has 0 saturated carbocycles. The van der Waals surface area contributed by atoms with Crippen LogP contribution in [0.3, 0.4) is 0 Å². The average Bonchev–Trinajstić information content (AvgIpc) is 2.77. The summed E-state index contributed by atoms with van der Waals surface area (Å²) in [6.07, 6.45) is 0. The smallest absolute Gasteiger partial charge is 0.119 e. The number of aryl methyl sites for hydroxylation is 1. The van der Waals surface area contributed by atoms with Crippen molar-refractivity contribution in [2.75, 3.05) is 7.11 Å². The maximum absolute atomic E-state index is 5.25. The van der Waals surface area contributed by atoms with Crippen LogP contribution in [0.2, 0.25) is 0 Å². The Morgan fingerprint density at radius 3 is 2.72 bits per heavy atom. The number of fused-ring (bicyclic) bond motifs is 1. The largest absolute Gasteiger partial charge is 0.497 e. The molecule has 3 aromatic rings. The highest BCUT2D eigenvalue weighted by Gasteiger charge is 2.04. The van der Waals surface area contributed by atoms with Gasteiger partial charge in [-0.15, -0.1) is 11.3 Å². The maximum Gasteiger partial charge on any atom is 0.119 e. The van der Waals surface area contributed by atoms with Crippen molar-refractivity contribution >= 4 is 21.6 Å². The van der Waals surface area contributed by atoms with Crippen LogP contribution in [0.15, 0.2) is 42.5 Å². The van der Waals surface area contributed by atoms with E-state index in [0.717, 1.165) is 21.8 Å². The van der Waals surface area contributed by atoms with Gasteiger partial charge < -0.3 is 4.74 Å². The van der Waals surface area contributed by atoms with E-state index in [1.165, 1.54) is 10.3 Å². The van der Waals surface area contributed by atoms with Gasteiger partial charge in [-0.25, -0.2) is 4.98 Å². The number of ether oxygens (including phenoxy) is 1. The molecule has 0 N–H and O–H groups in total. The minimum absolute atomic E-state index is 0.877. The SMILES string of the molecule is COc1cccc(-c2ccc3sc(C)nc3c2)c1. The fourth-order valence-corrected chi connectivity index (χ4v) is 2.83. The summed E-state index contributed by atoms with van der Waals surface area (Å²) in [5.41, 5.74) is 3.39. The van der Waals surface area contributed by atoms with Crippen molar-refractivity contribution in [3.63, 3.8) is 0 Å². The van der Waals surface area contributed by atoms with E-state index in [2.05, 4.69) is 29.2 Å². The molecule has 0 aliphatic rings. The summed E-state index contributed by atoms with van der Waals surface area (Å²) in [5, 5.41) is 1.10. The summed E-state index contributed by atoms with van der Waals surface area (Å²) >= 11 is 1.73. The third-order valence-corrected chi connectivity index (χ3v) is 3.85. The van der Waals surface area contributed by atoms with E-state index in [9.17, 15) is 0 Å². The standard InChI is InChI=1S/C15H13NOS/c1-10-16-14-9-12(6-7-15(14)18-10)11-4-3-5-13(8-11)17-2/h3-9H,1-2H3. The molecule has 0 fully saturated rings. The van der Waals surface area contributed by atoms with Gasteiger partial charge in [-0.2, -0.15) is 0 Å². The Labute approximate surface area is 110 Å². The lowest BCUT2D eigenvalue weighted by molar-refractivity contribution is 0.415. The summed E-state index contributed by atoms with van der Waals surface area (Å²) in [7, 11) is 1.69. The Morgan fingerprint density at radius 2 is 1.89 bits per heavy atom. The molecule has 0 spiro atoms. The molecule has 0 atom stereocenters. The maximum atomic E-state index is 5.25. The molecular weight excluding hydrogens is 242 g/mol. The van der Waals surface area contributed by atoms with E-state index in [4.69, 9.17) is 4.74 Å². The number of nitrogens with zero attached hydrogens (tertiary/aromatic N) is 1. The van der Waals surface area contributed by atoms with Crippen LogP contribution in [0, 0.1) is 6.92 Å². The van der Waals surface area contributed by atoms with Crippen LogP contribution in [0.1, 0.15) is 5.01 Å². The lowest BCUT2D eigenvalue weighted by atomic mass is 10.1. The number of hydrogen-bond donors (Lipinski definition) is 0. The van der Waals surface area contributed by atoms with Crippen LogP contribution in [-0.2, 0) is 0 Å². The molecule has 0 amide bonds. The van der Waals surface area contributed by atoms with Gasteiger partial charge in [0.05, 0.1) is 22.3 Å². The second-order valence-electron chi connectivity index (χ2n) is 4.15. The molecule has 0 bridgehead atoms. The first kappa shape index (κ1) is 11.2. The van der Waals surface area contributed by atoms with Crippen LogP contribution < -0.4 is 4.74 Å². The lowest BCUT2D eigenvalue weighted by Crippen LogP contribution is -1.83. The predicted molar refractivity (Wildman–Crippen MR) is 76.3 cm³/mol. The summed E-state index contributed by atoms with van der Waals surface area (Å²) in [4.78, 5) is 4.53. The Bertz CT molecular complexity index is 703. The quantitative estimate of drug-likeness (QED) is 0.682. The Kier molecular flexibility index (Phi) is 2.76. The van der Waals surface area contributed by atoms with Crippen molar-refractivity contribution in [3.05, 3.63) is 47.5 Å². The molecule has 90 valence electrons. The molecular formula is C15H13NOS. The summed E-state index contributed by atoms with van der Waals surface area (Å²) < 4.78 is 6.49. The fourth-order valence-electron chi connectivity index (χ4n) is 2.02. The van der Waals surface area contributed by atoms with Gasteiger partial charge in [0.25, 0.3) is 0 Å². The average molecular weight is 255 g/mol. The Morgan fingerprint density at radius 1 is 1.06 bits per heavy atom. The van der Waals surface area contributed by atoms with Crippen molar-refractivity contribution in [3.8, 4) is 16.9 Å². The molecule has 0 aliphatic carbocycles. The van der Waals surface area contributed by atoms with E-state index in [1.807, 2.05) is 25.1 Å². The molecule has 0 saturated heterocycles. The second kappa shape index (κ2) is 4.42. The molecule has 2 nitrogen and oxygen atoms in total. The molecule has 0 radical (unpaired) electrons. The van der Waals surface area contributed by atoms with Crippen molar-refractivity contribution in [1.29, 1.82) is 0 Å². The Hall–Kier alpha value is -1.87. The van der Waals surface area contributed by atoms with Crippen LogP contribution in [0.5, 0.6) is 5.75 Å². The number of methoxy groups -OCH3 is 1. The van der Waals surface area contributed by atoms with E-state index in [1.54, 1.807) is 18.4 Å². The topological polar surface area (TPSA) is 22.1 Å². The highest BCUT2D eigenvalue weighted by atomic mass is 32.1. The first-order valence-corrected chi connectivity index (χ1v) is 6.59. The van der Waals surface area contributed by atoms with Crippen molar-refractivity contribution in [1.82, 2.24) is 4.98 Å². The number of rotatable bonds is 2. The molecule has 1 aromatic heterocycles. The minimum Gasteiger partial charge on any atom is -0.497 e. The highest BCUT2D eigenvalue weighted by molar-refractivity contribution is 7.18. The number of hydrogen-bond acceptors (Lipinski definition) is 3. The van der Waals surface area contributed by atoms with E-state index in [-0.39, 0.29) is 0 Å². The van der Waals surface area contributed by atoms with Crippen LogP contribution >= 0.6 is 11.3 Å². The monoisotopic (exact) mass is 255 g/mol. The summed E-state index contributed by atoms with van der Waals surface area (Å²) in [5.74, 6) is 0.877. The first-order valence-electron chi connectivity index (χ1n) is 5.78. The molecule has 3 rings (SSSR count). The van der Waals surface area contributed by atoms with Gasteiger partial charge in [0.1, 0.15) is 5.75 Å². The van der Waals surface area contributed by atoms with E-state index < -0.39 is 0 Å².